The Labute approximate surface area is 162 Å². The van der Waals surface area contributed by atoms with Gasteiger partial charge in [-0.3, -0.25) is 4.79 Å². The lowest BCUT2D eigenvalue weighted by molar-refractivity contribution is -0.118. The van der Waals surface area contributed by atoms with Gasteiger partial charge in [0.25, 0.3) is 5.91 Å². The normalized spacial score (nSPS) is 11.9. The van der Waals surface area contributed by atoms with Crippen LogP contribution in [0.4, 0.5) is 5.69 Å². The summed E-state index contributed by atoms with van der Waals surface area (Å²) in [5.41, 5.74) is 2.31. The van der Waals surface area contributed by atoms with E-state index in [0.717, 1.165) is 11.3 Å². The zero-order chi connectivity index (χ0) is 19.4. The molecule has 0 aromatic heterocycles. The zero-order valence-electron chi connectivity index (χ0n) is 16.3. The number of para-hydroxylation sites is 1. The molecule has 2 aromatic rings. The lowest BCUT2D eigenvalue weighted by Crippen LogP contribution is -2.24. The number of carbonyl (C=O) groups excluding carboxylic acids is 1. The predicted octanol–water partition coefficient (Wildman–Crippen LogP) is 5.71. The second-order valence-corrected chi connectivity index (χ2v) is 8.98. The molecular formula is C22H29NO2S. The van der Waals surface area contributed by atoms with E-state index in [0.29, 0.717) is 11.4 Å². The maximum Gasteiger partial charge on any atom is 0.262 e. The van der Waals surface area contributed by atoms with Gasteiger partial charge >= 0.3 is 0 Å². The van der Waals surface area contributed by atoms with Crippen molar-refractivity contribution in [3.8, 4) is 5.75 Å². The quantitative estimate of drug-likeness (QED) is 0.639. The van der Waals surface area contributed by atoms with Crippen molar-refractivity contribution >= 4 is 24.2 Å². The van der Waals surface area contributed by atoms with Gasteiger partial charge in [-0.25, -0.2) is 0 Å². The van der Waals surface area contributed by atoms with Crippen molar-refractivity contribution in [3.63, 3.8) is 0 Å². The molecule has 1 N–H and O–H groups in total. The second kappa shape index (κ2) is 8.17. The van der Waals surface area contributed by atoms with Crippen molar-refractivity contribution in [2.24, 2.45) is 5.41 Å². The number of hydrogen-bond acceptors (Lipinski definition) is 3. The summed E-state index contributed by atoms with van der Waals surface area (Å²) in [6, 6.07) is 15.4. The van der Waals surface area contributed by atoms with E-state index in [1.165, 1.54) is 5.56 Å². The predicted molar refractivity (Wildman–Crippen MR) is 111 cm³/mol. The largest absolute Gasteiger partial charge is 0.484 e. The van der Waals surface area contributed by atoms with Crippen LogP contribution in [0.15, 0.2) is 53.4 Å². The molecular weight excluding hydrogens is 342 g/mol. The van der Waals surface area contributed by atoms with Crippen molar-refractivity contribution in [1.82, 2.24) is 0 Å². The Balaban J connectivity index is 1.93. The Kier molecular flexibility index (Phi) is 6.40. The summed E-state index contributed by atoms with van der Waals surface area (Å²) in [5, 5.41) is 2.80. The molecule has 2 rings (SSSR count). The van der Waals surface area contributed by atoms with Gasteiger partial charge in [0.2, 0.25) is 0 Å². The molecule has 0 aliphatic rings. The Morgan fingerprint density at radius 2 is 1.62 bits per heavy atom. The first-order valence-electron chi connectivity index (χ1n) is 8.88. The van der Waals surface area contributed by atoms with E-state index in [4.69, 9.17) is 4.74 Å². The van der Waals surface area contributed by atoms with Gasteiger partial charge in [-0.05, 0) is 47.1 Å². The van der Waals surface area contributed by atoms with Gasteiger partial charge < -0.3 is 10.1 Å². The molecule has 0 radical (unpaired) electrons. The van der Waals surface area contributed by atoms with Gasteiger partial charge in [-0.1, -0.05) is 58.9 Å². The minimum absolute atomic E-state index is 0.0349. The van der Waals surface area contributed by atoms with E-state index >= 15 is 0 Å². The summed E-state index contributed by atoms with van der Waals surface area (Å²) in [6.45, 7) is 11.3. The van der Waals surface area contributed by atoms with Crippen LogP contribution in [0.25, 0.3) is 0 Å². The van der Waals surface area contributed by atoms with Gasteiger partial charge in [0, 0.05) is 4.90 Å². The van der Waals surface area contributed by atoms with E-state index in [2.05, 4.69) is 64.7 Å². The molecule has 4 heteroatoms. The third kappa shape index (κ3) is 6.10. The summed E-state index contributed by atoms with van der Waals surface area (Å²) in [7, 11) is 0. The van der Waals surface area contributed by atoms with Gasteiger partial charge in [0.05, 0.1) is 5.69 Å². The number of nitrogens with one attached hydrogen (secondary N) is 1. The molecule has 2 aromatic carbocycles. The standard InChI is InChI=1S/C22H29NO2S/c1-21(2,3)15-22(4,5)16-10-12-17(13-11-16)25-14-20(24)23-18-8-6-7-9-19(18)26/h6-13,26H,14-15H2,1-5H3,(H,23,24). The Morgan fingerprint density at radius 3 is 2.19 bits per heavy atom. The molecule has 0 atom stereocenters. The number of carbonyl (C=O) groups is 1. The molecule has 1 amide bonds. The molecule has 0 bridgehead atoms. The minimum Gasteiger partial charge on any atom is -0.484 e. The van der Waals surface area contributed by atoms with Gasteiger partial charge in [-0.15, -0.1) is 12.6 Å². The lowest BCUT2D eigenvalue weighted by atomic mass is 9.72. The van der Waals surface area contributed by atoms with Crippen molar-refractivity contribution in [2.45, 2.75) is 51.3 Å². The minimum atomic E-state index is -0.205. The monoisotopic (exact) mass is 371 g/mol. The smallest absolute Gasteiger partial charge is 0.262 e. The van der Waals surface area contributed by atoms with Crippen LogP contribution < -0.4 is 10.1 Å². The summed E-state index contributed by atoms with van der Waals surface area (Å²) in [4.78, 5) is 12.8. The third-order valence-corrected chi connectivity index (χ3v) is 4.55. The molecule has 3 nitrogen and oxygen atoms in total. The lowest BCUT2D eigenvalue weighted by Gasteiger charge is -2.33. The highest BCUT2D eigenvalue weighted by Crippen LogP contribution is 2.36. The highest BCUT2D eigenvalue weighted by Gasteiger charge is 2.27. The summed E-state index contributed by atoms with van der Waals surface area (Å²) < 4.78 is 5.61. The van der Waals surface area contributed by atoms with E-state index in [1.54, 1.807) is 0 Å². The molecule has 0 aliphatic carbocycles. The fourth-order valence-electron chi connectivity index (χ4n) is 3.34. The van der Waals surface area contributed by atoms with Crippen LogP contribution in [0.5, 0.6) is 5.75 Å². The van der Waals surface area contributed by atoms with E-state index < -0.39 is 0 Å². The number of benzene rings is 2. The molecule has 0 saturated heterocycles. The zero-order valence-corrected chi connectivity index (χ0v) is 17.2. The molecule has 0 saturated carbocycles. The second-order valence-electron chi connectivity index (χ2n) is 8.50. The van der Waals surface area contributed by atoms with Crippen molar-refractivity contribution in [1.29, 1.82) is 0 Å². The third-order valence-electron chi connectivity index (χ3n) is 4.16. The molecule has 0 fully saturated rings. The van der Waals surface area contributed by atoms with Crippen LogP contribution in [0.3, 0.4) is 0 Å². The summed E-state index contributed by atoms with van der Waals surface area (Å²) in [6.07, 6.45) is 1.09. The van der Waals surface area contributed by atoms with Crippen LogP contribution in [-0.4, -0.2) is 12.5 Å². The molecule has 0 aliphatic heterocycles. The topological polar surface area (TPSA) is 38.3 Å². The highest BCUT2D eigenvalue weighted by atomic mass is 32.1. The number of hydrogen-bond donors (Lipinski definition) is 2. The molecule has 140 valence electrons. The van der Waals surface area contributed by atoms with Crippen LogP contribution in [-0.2, 0) is 10.2 Å². The van der Waals surface area contributed by atoms with Crippen molar-refractivity contribution < 1.29 is 9.53 Å². The maximum atomic E-state index is 12.1. The summed E-state index contributed by atoms with van der Waals surface area (Å²) in [5.74, 6) is 0.484. The molecule has 0 spiro atoms. The SMILES string of the molecule is CC(C)(C)CC(C)(C)c1ccc(OCC(=O)Nc2ccccc2S)cc1. The molecule has 0 heterocycles. The van der Waals surface area contributed by atoms with Gasteiger partial charge in [-0.2, -0.15) is 0 Å². The number of thiol groups is 1. The summed E-state index contributed by atoms with van der Waals surface area (Å²) >= 11 is 4.32. The van der Waals surface area contributed by atoms with Crippen LogP contribution >= 0.6 is 12.6 Å². The molecule has 0 unspecified atom stereocenters. The fraction of sp³-hybridized carbons (Fsp3) is 0.409. The number of ether oxygens (including phenoxy) is 1. The van der Waals surface area contributed by atoms with E-state index in [-0.39, 0.29) is 23.3 Å². The van der Waals surface area contributed by atoms with Crippen molar-refractivity contribution in [2.75, 3.05) is 11.9 Å². The van der Waals surface area contributed by atoms with E-state index in [1.807, 2.05) is 36.4 Å². The van der Waals surface area contributed by atoms with Crippen LogP contribution in [0.1, 0.15) is 46.6 Å². The highest BCUT2D eigenvalue weighted by molar-refractivity contribution is 7.80. The maximum absolute atomic E-state index is 12.1. The first-order valence-corrected chi connectivity index (χ1v) is 9.33. The average molecular weight is 372 g/mol. The Bertz CT molecular complexity index is 745. The van der Waals surface area contributed by atoms with Gasteiger partial charge in [0.1, 0.15) is 5.75 Å². The first-order chi connectivity index (χ1) is 12.1. The number of anilines is 1. The number of amides is 1. The Morgan fingerprint density at radius 1 is 1.00 bits per heavy atom. The fourth-order valence-corrected chi connectivity index (χ4v) is 3.56. The van der Waals surface area contributed by atoms with Crippen molar-refractivity contribution in [3.05, 3.63) is 54.1 Å². The molecule has 26 heavy (non-hydrogen) atoms. The van der Waals surface area contributed by atoms with Gasteiger partial charge in [0.15, 0.2) is 6.61 Å². The Hall–Kier alpha value is -1.94. The average Bonchev–Trinajstić information content (AvgIpc) is 2.53. The first kappa shape index (κ1) is 20.4. The van der Waals surface area contributed by atoms with E-state index in [9.17, 15) is 4.79 Å². The van der Waals surface area contributed by atoms with Crippen LogP contribution in [0.2, 0.25) is 0 Å². The van der Waals surface area contributed by atoms with Crippen LogP contribution in [0, 0.1) is 5.41 Å². The number of rotatable bonds is 6.